The van der Waals surface area contributed by atoms with Gasteiger partial charge in [-0.15, -0.1) is 10.2 Å². The molecule has 1 unspecified atom stereocenters. The number of aliphatic imine (C=N–C) groups is 1. The molecule has 1 fully saturated rings. The fourth-order valence-electron chi connectivity index (χ4n) is 2.72. The van der Waals surface area contributed by atoms with E-state index in [0.717, 1.165) is 23.6 Å². The van der Waals surface area contributed by atoms with E-state index in [9.17, 15) is 4.79 Å². The Hall–Kier alpha value is -2.90. The van der Waals surface area contributed by atoms with E-state index in [1.807, 2.05) is 48.9 Å². The minimum atomic E-state index is 0.105. The van der Waals surface area contributed by atoms with Crippen LogP contribution in [0.2, 0.25) is 0 Å². The average molecular weight is 355 g/mol. The van der Waals surface area contributed by atoms with Crippen LogP contribution in [-0.4, -0.2) is 39.2 Å². The lowest BCUT2D eigenvalue weighted by Gasteiger charge is -2.25. The van der Waals surface area contributed by atoms with Gasteiger partial charge in [-0.05, 0) is 18.9 Å². The topological polar surface area (TPSA) is 96.2 Å². The SMILES string of the molecule is Cc1nnc(CNC(=NCc2ccccc2)NC2CCC(=O)NC2)n1C. The number of hydrogen-bond donors (Lipinski definition) is 3. The number of guanidine groups is 1. The summed E-state index contributed by atoms with van der Waals surface area (Å²) < 4.78 is 1.95. The highest BCUT2D eigenvalue weighted by atomic mass is 16.1. The molecule has 1 aliphatic rings. The highest BCUT2D eigenvalue weighted by molar-refractivity contribution is 5.81. The van der Waals surface area contributed by atoms with Gasteiger partial charge in [0.2, 0.25) is 5.91 Å². The number of carbonyl (C=O) groups is 1. The van der Waals surface area contributed by atoms with Crippen LogP contribution in [0, 0.1) is 6.92 Å². The second kappa shape index (κ2) is 8.46. The molecule has 138 valence electrons. The molecule has 2 aromatic rings. The van der Waals surface area contributed by atoms with E-state index in [1.54, 1.807) is 0 Å². The number of amides is 1. The van der Waals surface area contributed by atoms with Crippen molar-refractivity contribution in [1.82, 2.24) is 30.7 Å². The van der Waals surface area contributed by atoms with Crippen molar-refractivity contribution in [3.63, 3.8) is 0 Å². The van der Waals surface area contributed by atoms with E-state index in [0.29, 0.717) is 32.0 Å². The maximum atomic E-state index is 11.4. The zero-order valence-corrected chi connectivity index (χ0v) is 15.2. The Labute approximate surface area is 153 Å². The highest BCUT2D eigenvalue weighted by Gasteiger charge is 2.19. The minimum Gasteiger partial charge on any atom is -0.354 e. The van der Waals surface area contributed by atoms with Gasteiger partial charge in [0, 0.05) is 26.1 Å². The fourth-order valence-corrected chi connectivity index (χ4v) is 2.72. The Kier molecular flexibility index (Phi) is 5.83. The van der Waals surface area contributed by atoms with Crippen molar-refractivity contribution in [2.75, 3.05) is 6.54 Å². The van der Waals surface area contributed by atoms with E-state index in [4.69, 9.17) is 0 Å². The highest BCUT2D eigenvalue weighted by Crippen LogP contribution is 2.04. The first-order valence-corrected chi connectivity index (χ1v) is 8.82. The van der Waals surface area contributed by atoms with Crippen LogP contribution in [0.25, 0.3) is 0 Å². The summed E-state index contributed by atoms with van der Waals surface area (Å²) in [6, 6.07) is 10.3. The number of carbonyl (C=O) groups excluding carboxylic acids is 1. The van der Waals surface area contributed by atoms with Gasteiger partial charge in [-0.2, -0.15) is 0 Å². The first-order chi connectivity index (χ1) is 12.6. The molecule has 1 atom stereocenters. The maximum absolute atomic E-state index is 11.4. The normalized spacial score (nSPS) is 17.7. The van der Waals surface area contributed by atoms with Crippen LogP contribution in [-0.2, 0) is 24.9 Å². The van der Waals surface area contributed by atoms with Gasteiger partial charge in [0.15, 0.2) is 11.8 Å². The molecule has 0 radical (unpaired) electrons. The molecule has 0 saturated carbocycles. The van der Waals surface area contributed by atoms with Gasteiger partial charge < -0.3 is 20.5 Å². The van der Waals surface area contributed by atoms with Crippen molar-refractivity contribution in [2.45, 2.75) is 38.9 Å². The largest absolute Gasteiger partial charge is 0.354 e. The summed E-state index contributed by atoms with van der Waals surface area (Å²) in [6.07, 6.45) is 1.33. The molecular weight excluding hydrogens is 330 g/mol. The van der Waals surface area contributed by atoms with Crippen LogP contribution < -0.4 is 16.0 Å². The molecule has 1 amide bonds. The molecule has 8 heteroatoms. The van der Waals surface area contributed by atoms with E-state index in [2.05, 4.69) is 31.1 Å². The second-order valence-corrected chi connectivity index (χ2v) is 6.41. The van der Waals surface area contributed by atoms with Gasteiger partial charge in [-0.25, -0.2) is 4.99 Å². The van der Waals surface area contributed by atoms with Crippen LogP contribution in [0.3, 0.4) is 0 Å². The Morgan fingerprint density at radius 2 is 2.15 bits per heavy atom. The fraction of sp³-hybridized carbons (Fsp3) is 0.444. The zero-order valence-electron chi connectivity index (χ0n) is 15.2. The summed E-state index contributed by atoms with van der Waals surface area (Å²) in [7, 11) is 1.94. The lowest BCUT2D eigenvalue weighted by atomic mass is 10.1. The molecule has 0 aliphatic carbocycles. The van der Waals surface area contributed by atoms with Crippen molar-refractivity contribution in [3.8, 4) is 0 Å². The number of aromatic nitrogens is 3. The summed E-state index contributed by atoms with van der Waals surface area (Å²) in [6.45, 7) is 3.63. The molecule has 2 heterocycles. The summed E-state index contributed by atoms with van der Waals surface area (Å²) in [5.74, 6) is 2.52. The van der Waals surface area contributed by atoms with Crippen molar-refractivity contribution < 1.29 is 4.79 Å². The van der Waals surface area contributed by atoms with Crippen molar-refractivity contribution in [1.29, 1.82) is 0 Å². The molecule has 26 heavy (non-hydrogen) atoms. The van der Waals surface area contributed by atoms with Gasteiger partial charge in [0.25, 0.3) is 0 Å². The molecule has 3 rings (SSSR count). The summed E-state index contributed by atoms with van der Waals surface area (Å²) in [5, 5.41) is 17.9. The smallest absolute Gasteiger partial charge is 0.220 e. The number of benzene rings is 1. The molecule has 0 spiro atoms. The van der Waals surface area contributed by atoms with Gasteiger partial charge in [-0.3, -0.25) is 4.79 Å². The van der Waals surface area contributed by atoms with Crippen LogP contribution in [0.15, 0.2) is 35.3 Å². The minimum absolute atomic E-state index is 0.105. The quantitative estimate of drug-likeness (QED) is 0.540. The molecule has 0 bridgehead atoms. The predicted molar refractivity (Wildman–Crippen MR) is 99.3 cm³/mol. The number of nitrogens with one attached hydrogen (secondary N) is 3. The third kappa shape index (κ3) is 4.81. The Bertz CT molecular complexity index is 759. The molecule has 1 aliphatic heterocycles. The van der Waals surface area contributed by atoms with Crippen LogP contribution in [0.4, 0.5) is 0 Å². The first kappa shape index (κ1) is 17.9. The predicted octanol–water partition coefficient (Wildman–Crippen LogP) is 0.638. The van der Waals surface area contributed by atoms with E-state index < -0.39 is 0 Å². The van der Waals surface area contributed by atoms with Crippen LogP contribution in [0.5, 0.6) is 0 Å². The molecule has 1 aromatic heterocycles. The van der Waals surface area contributed by atoms with E-state index in [1.165, 1.54) is 0 Å². The maximum Gasteiger partial charge on any atom is 0.220 e. The van der Waals surface area contributed by atoms with Gasteiger partial charge >= 0.3 is 0 Å². The first-order valence-electron chi connectivity index (χ1n) is 8.82. The summed E-state index contributed by atoms with van der Waals surface area (Å²) in [4.78, 5) is 16.0. The Morgan fingerprint density at radius 3 is 2.81 bits per heavy atom. The van der Waals surface area contributed by atoms with Gasteiger partial charge in [0.05, 0.1) is 13.1 Å². The Morgan fingerprint density at radius 1 is 1.35 bits per heavy atom. The standard InChI is InChI=1S/C18H25N7O/c1-13-23-24-16(25(13)2)12-21-18(20-10-14-6-4-3-5-7-14)22-15-8-9-17(26)19-11-15/h3-7,15H,8-12H2,1-2H3,(H,19,26)(H2,20,21,22). The second-order valence-electron chi connectivity index (χ2n) is 6.41. The number of piperidine rings is 1. The Balaban J connectivity index is 1.65. The third-order valence-electron chi connectivity index (χ3n) is 4.47. The molecular formula is C18H25N7O. The number of aryl methyl sites for hydroxylation is 1. The average Bonchev–Trinajstić information content (AvgIpc) is 2.98. The van der Waals surface area contributed by atoms with E-state index >= 15 is 0 Å². The van der Waals surface area contributed by atoms with Crippen LogP contribution >= 0.6 is 0 Å². The molecule has 3 N–H and O–H groups in total. The van der Waals surface area contributed by atoms with Crippen molar-refractivity contribution >= 4 is 11.9 Å². The lowest BCUT2D eigenvalue weighted by molar-refractivity contribution is -0.122. The zero-order chi connectivity index (χ0) is 18.4. The van der Waals surface area contributed by atoms with Gasteiger partial charge in [-0.1, -0.05) is 30.3 Å². The van der Waals surface area contributed by atoms with Crippen LogP contribution in [0.1, 0.15) is 30.1 Å². The van der Waals surface area contributed by atoms with E-state index in [-0.39, 0.29) is 11.9 Å². The van der Waals surface area contributed by atoms with Gasteiger partial charge in [0.1, 0.15) is 5.82 Å². The molecule has 8 nitrogen and oxygen atoms in total. The third-order valence-corrected chi connectivity index (χ3v) is 4.47. The summed E-state index contributed by atoms with van der Waals surface area (Å²) in [5.41, 5.74) is 1.14. The lowest BCUT2D eigenvalue weighted by Crippen LogP contribution is -2.51. The molecule has 1 aromatic carbocycles. The number of rotatable bonds is 5. The number of nitrogens with zero attached hydrogens (tertiary/aromatic N) is 4. The van der Waals surface area contributed by atoms with Crippen molar-refractivity contribution in [2.24, 2.45) is 12.0 Å². The summed E-state index contributed by atoms with van der Waals surface area (Å²) >= 11 is 0. The monoisotopic (exact) mass is 355 g/mol. The van der Waals surface area contributed by atoms with Crippen molar-refractivity contribution in [3.05, 3.63) is 47.5 Å². The number of hydrogen-bond acceptors (Lipinski definition) is 4. The molecule has 1 saturated heterocycles.